The first-order chi connectivity index (χ1) is 7.09. The molecule has 1 unspecified atom stereocenters. The van der Waals surface area contributed by atoms with Crippen LogP contribution in [-0.4, -0.2) is 11.1 Å². The van der Waals surface area contributed by atoms with Gasteiger partial charge in [-0.15, -0.1) is 0 Å². The van der Waals surface area contributed by atoms with E-state index in [1.165, 1.54) is 6.92 Å². The summed E-state index contributed by atoms with van der Waals surface area (Å²) >= 11 is 0. The van der Waals surface area contributed by atoms with Gasteiger partial charge in [-0.3, -0.25) is 4.79 Å². The Balaban J connectivity index is 2.46. The summed E-state index contributed by atoms with van der Waals surface area (Å²) in [5, 5.41) is 8.46. The highest BCUT2D eigenvalue weighted by Gasteiger charge is 2.02. The molecule has 0 aliphatic carbocycles. The van der Waals surface area contributed by atoms with Crippen molar-refractivity contribution in [1.82, 2.24) is 0 Å². The molecule has 0 bridgehead atoms. The third-order valence-electron chi connectivity index (χ3n) is 2.30. The van der Waals surface area contributed by atoms with Crippen LogP contribution in [-0.2, 0) is 11.2 Å². The van der Waals surface area contributed by atoms with Crippen molar-refractivity contribution in [3.05, 3.63) is 35.4 Å². The summed E-state index contributed by atoms with van der Waals surface area (Å²) in [4.78, 5) is 10.3. The molecule has 0 aliphatic heterocycles. The SMILES string of the molecule is CC(F)c1ccc(CCCC(=O)O)cc1. The Kier molecular flexibility index (Phi) is 4.28. The second-order valence-electron chi connectivity index (χ2n) is 3.60. The molecule has 15 heavy (non-hydrogen) atoms. The van der Waals surface area contributed by atoms with E-state index < -0.39 is 12.1 Å². The largest absolute Gasteiger partial charge is 0.481 e. The number of aliphatic carboxylic acids is 1. The summed E-state index contributed by atoms with van der Waals surface area (Å²) in [5.41, 5.74) is 1.72. The van der Waals surface area contributed by atoms with Crippen molar-refractivity contribution in [2.75, 3.05) is 0 Å². The monoisotopic (exact) mass is 210 g/mol. The number of hydrogen-bond donors (Lipinski definition) is 1. The van der Waals surface area contributed by atoms with Crippen LogP contribution in [0.15, 0.2) is 24.3 Å². The first kappa shape index (κ1) is 11.7. The quantitative estimate of drug-likeness (QED) is 0.810. The van der Waals surface area contributed by atoms with Crippen LogP contribution in [0.2, 0.25) is 0 Å². The predicted octanol–water partition coefficient (Wildman–Crippen LogP) is 3.12. The van der Waals surface area contributed by atoms with E-state index in [2.05, 4.69) is 0 Å². The van der Waals surface area contributed by atoms with Gasteiger partial charge in [0.2, 0.25) is 0 Å². The molecule has 0 amide bonds. The molecule has 3 heteroatoms. The number of aryl methyl sites for hydroxylation is 1. The first-order valence-corrected chi connectivity index (χ1v) is 5.04. The minimum atomic E-state index is -0.946. The van der Waals surface area contributed by atoms with Crippen LogP contribution in [0.4, 0.5) is 4.39 Å². The Hall–Kier alpha value is -1.38. The maximum Gasteiger partial charge on any atom is 0.303 e. The fourth-order valence-electron chi connectivity index (χ4n) is 1.39. The van der Waals surface area contributed by atoms with Crippen LogP contribution in [0.5, 0.6) is 0 Å². The molecule has 2 nitrogen and oxygen atoms in total. The number of carboxylic acids is 1. The van der Waals surface area contributed by atoms with Crippen molar-refractivity contribution in [2.45, 2.75) is 32.4 Å². The van der Waals surface area contributed by atoms with Crippen LogP contribution >= 0.6 is 0 Å². The summed E-state index contributed by atoms with van der Waals surface area (Å²) in [6.45, 7) is 1.50. The third kappa shape index (κ3) is 4.11. The summed E-state index contributed by atoms with van der Waals surface area (Å²) in [7, 11) is 0. The molecule has 0 heterocycles. The summed E-state index contributed by atoms with van der Waals surface area (Å²) in [6, 6.07) is 7.21. The van der Waals surface area contributed by atoms with Crippen LogP contribution in [0.25, 0.3) is 0 Å². The van der Waals surface area contributed by atoms with Gasteiger partial charge in [-0.2, -0.15) is 0 Å². The molecular formula is C12H15FO2. The molecule has 0 fully saturated rings. The minimum absolute atomic E-state index is 0.182. The lowest BCUT2D eigenvalue weighted by Crippen LogP contribution is -1.96. The van der Waals surface area contributed by atoms with E-state index in [9.17, 15) is 9.18 Å². The molecule has 1 N–H and O–H groups in total. The number of benzene rings is 1. The van der Waals surface area contributed by atoms with E-state index in [1.807, 2.05) is 12.1 Å². The maximum atomic E-state index is 12.8. The smallest absolute Gasteiger partial charge is 0.303 e. The van der Waals surface area contributed by atoms with E-state index >= 15 is 0 Å². The molecule has 1 aromatic carbocycles. The molecule has 82 valence electrons. The van der Waals surface area contributed by atoms with Gasteiger partial charge in [0.05, 0.1) is 0 Å². The predicted molar refractivity (Wildman–Crippen MR) is 56.5 cm³/mol. The molecule has 0 saturated carbocycles. The van der Waals surface area contributed by atoms with Crippen molar-refractivity contribution in [3.8, 4) is 0 Å². The van der Waals surface area contributed by atoms with Crippen molar-refractivity contribution in [2.24, 2.45) is 0 Å². The molecule has 1 atom stereocenters. The Morgan fingerprint density at radius 2 is 2.00 bits per heavy atom. The van der Waals surface area contributed by atoms with Gasteiger partial charge in [0.25, 0.3) is 0 Å². The molecular weight excluding hydrogens is 195 g/mol. The molecule has 0 aromatic heterocycles. The fourth-order valence-corrected chi connectivity index (χ4v) is 1.39. The van der Waals surface area contributed by atoms with E-state index in [0.717, 1.165) is 12.0 Å². The third-order valence-corrected chi connectivity index (χ3v) is 2.30. The van der Waals surface area contributed by atoms with Gasteiger partial charge in [0.15, 0.2) is 0 Å². The standard InChI is InChI=1S/C12H15FO2/c1-9(13)11-7-5-10(6-8-11)3-2-4-12(14)15/h5-9H,2-4H2,1H3,(H,14,15). The summed E-state index contributed by atoms with van der Waals surface area (Å²) in [5.74, 6) is -0.774. The number of rotatable bonds is 5. The second kappa shape index (κ2) is 5.49. The zero-order valence-corrected chi connectivity index (χ0v) is 8.74. The van der Waals surface area contributed by atoms with E-state index in [4.69, 9.17) is 5.11 Å². The zero-order chi connectivity index (χ0) is 11.3. The Morgan fingerprint density at radius 3 is 2.47 bits per heavy atom. The first-order valence-electron chi connectivity index (χ1n) is 5.04. The number of carbonyl (C=O) groups is 1. The van der Waals surface area contributed by atoms with Crippen LogP contribution in [0.3, 0.4) is 0 Å². The van der Waals surface area contributed by atoms with Gasteiger partial charge in [-0.25, -0.2) is 4.39 Å². The molecule has 1 rings (SSSR count). The lowest BCUT2D eigenvalue weighted by molar-refractivity contribution is -0.137. The number of carboxylic acid groups (broad SMARTS) is 1. The maximum absolute atomic E-state index is 12.8. The Bertz CT molecular complexity index is 317. The topological polar surface area (TPSA) is 37.3 Å². The molecule has 0 spiro atoms. The molecule has 0 radical (unpaired) electrons. The number of halogens is 1. The average Bonchev–Trinajstić information content (AvgIpc) is 2.18. The van der Waals surface area contributed by atoms with Gasteiger partial charge in [0, 0.05) is 6.42 Å². The fraction of sp³-hybridized carbons (Fsp3) is 0.417. The Morgan fingerprint density at radius 1 is 1.40 bits per heavy atom. The van der Waals surface area contributed by atoms with Crippen molar-refractivity contribution >= 4 is 5.97 Å². The lowest BCUT2D eigenvalue weighted by atomic mass is 10.0. The van der Waals surface area contributed by atoms with Crippen molar-refractivity contribution in [3.63, 3.8) is 0 Å². The van der Waals surface area contributed by atoms with Crippen molar-refractivity contribution in [1.29, 1.82) is 0 Å². The molecule has 0 aliphatic rings. The summed E-state index contributed by atoms with van der Waals surface area (Å²) in [6.07, 6.45) is 0.590. The van der Waals surface area contributed by atoms with Crippen LogP contribution in [0, 0.1) is 0 Å². The zero-order valence-electron chi connectivity index (χ0n) is 8.74. The van der Waals surface area contributed by atoms with Crippen molar-refractivity contribution < 1.29 is 14.3 Å². The summed E-state index contributed by atoms with van der Waals surface area (Å²) < 4.78 is 12.8. The van der Waals surface area contributed by atoms with Gasteiger partial charge in [-0.05, 0) is 30.9 Å². The van der Waals surface area contributed by atoms with Crippen LogP contribution < -0.4 is 0 Å². The second-order valence-corrected chi connectivity index (χ2v) is 3.60. The van der Waals surface area contributed by atoms with E-state index in [0.29, 0.717) is 12.0 Å². The minimum Gasteiger partial charge on any atom is -0.481 e. The van der Waals surface area contributed by atoms with E-state index in [-0.39, 0.29) is 6.42 Å². The normalized spacial score (nSPS) is 12.4. The van der Waals surface area contributed by atoms with Gasteiger partial charge in [0.1, 0.15) is 6.17 Å². The number of alkyl halides is 1. The average molecular weight is 210 g/mol. The lowest BCUT2D eigenvalue weighted by Gasteiger charge is -2.04. The highest BCUT2D eigenvalue weighted by Crippen LogP contribution is 2.17. The molecule has 0 saturated heterocycles. The van der Waals surface area contributed by atoms with Gasteiger partial charge in [-0.1, -0.05) is 24.3 Å². The van der Waals surface area contributed by atoms with Gasteiger partial charge < -0.3 is 5.11 Å². The Labute approximate surface area is 88.7 Å². The van der Waals surface area contributed by atoms with Gasteiger partial charge >= 0.3 is 5.97 Å². The number of hydrogen-bond acceptors (Lipinski definition) is 1. The highest BCUT2D eigenvalue weighted by atomic mass is 19.1. The van der Waals surface area contributed by atoms with E-state index in [1.54, 1.807) is 12.1 Å². The molecule has 1 aromatic rings. The highest BCUT2D eigenvalue weighted by molar-refractivity contribution is 5.66. The van der Waals surface area contributed by atoms with Crippen LogP contribution in [0.1, 0.15) is 37.1 Å².